The Hall–Kier alpha value is -3.92. The fourth-order valence-electron chi connectivity index (χ4n) is 5.80. The molecule has 5 rings (SSSR count). The van der Waals surface area contributed by atoms with E-state index in [1.54, 1.807) is 16.2 Å². The smallest absolute Gasteiger partial charge is 0.412 e. The molecule has 1 atom stereocenters. The number of hydrogen-bond donors (Lipinski definition) is 2. The normalized spacial score (nSPS) is 19.1. The molecule has 2 fully saturated rings. The lowest BCUT2D eigenvalue weighted by atomic mass is 9.88. The maximum atomic E-state index is 13.3. The summed E-state index contributed by atoms with van der Waals surface area (Å²) in [6, 6.07) is 13.1. The minimum atomic E-state index is -0.684. The van der Waals surface area contributed by atoms with Gasteiger partial charge >= 0.3 is 11.8 Å². The first-order valence-corrected chi connectivity index (χ1v) is 13.8. The third-order valence-corrected chi connectivity index (χ3v) is 7.69. The van der Waals surface area contributed by atoms with Gasteiger partial charge in [-0.15, -0.1) is 0 Å². The summed E-state index contributed by atoms with van der Waals surface area (Å²) < 4.78 is 8.51. The average molecular weight is 548 g/mol. The van der Waals surface area contributed by atoms with Crippen molar-refractivity contribution in [2.24, 2.45) is 7.05 Å². The van der Waals surface area contributed by atoms with Gasteiger partial charge in [0.1, 0.15) is 11.6 Å². The van der Waals surface area contributed by atoms with Crippen LogP contribution in [0, 0.1) is 0 Å². The average Bonchev–Trinajstić information content (AvgIpc) is 3.14. The number of nitrogens with one attached hydrogen (secondary N) is 2. The topological polar surface area (TPSA) is 115 Å². The predicted octanol–water partition coefficient (Wildman–Crippen LogP) is 4.04. The van der Waals surface area contributed by atoms with Gasteiger partial charge in [-0.05, 0) is 88.4 Å². The molecule has 40 heavy (non-hydrogen) atoms. The molecule has 0 radical (unpaired) electrons. The summed E-state index contributed by atoms with van der Waals surface area (Å²) in [7, 11) is 1.76. The molecule has 1 unspecified atom stereocenters. The number of amides is 3. The molecule has 2 aromatic carbocycles. The zero-order chi connectivity index (χ0) is 28.6. The largest absolute Gasteiger partial charge is 0.444 e. The Labute approximate surface area is 233 Å². The van der Waals surface area contributed by atoms with Crippen molar-refractivity contribution in [3.8, 4) is 0 Å². The molecule has 3 aromatic rings. The van der Waals surface area contributed by atoms with Crippen LogP contribution in [0.4, 0.5) is 10.5 Å². The first kappa shape index (κ1) is 27.6. The van der Waals surface area contributed by atoms with Gasteiger partial charge in [-0.1, -0.05) is 24.3 Å². The van der Waals surface area contributed by atoms with Crippen molar-refractivity contribution in [3.63, 3.8) is 0 Å². The van der Waals surface area contributed by atoms with E-state index in [1.165, 1.54) is 5.56 Å². The van der Waals surface area contributed by atoms with Crippen molar-refractivity contribution in [2.75, 3.05) is 18.4 Å². The van der Waals surface area contributed by atoms with E-state index in [4.69, 9.17) is 4.74 Å². The molecule has 212 valence electrons. The van der Waals surface area contributed by atoms with E-state index in [0.717, 1.165) is 49.1 Å². The first-order valence-electron chi connectivity index (χ1n) is 13.8. The van der Waals surface area contributed by atoms with Gasteiger partial charge in [-0.2, -0.15) is 0 Å². The highest BCUT2D eigenvalue weighted by molar-refractivity contribution is 6.00. The number of aryl methyl sites for hydroxylation is 1. The van der Waals surface area contributed by atoms with E-state index in [9.17, 15) is 19.2 Å². The van der Waals surface area contributed by atoms with Crippen molar-refractivity contribution >= 4 is 34.6 Å². The second-order valence-corrected chi connectivity index (χ2v) is 11.8. The Kier molecular flexibility index (Phi) is 7.55. The molecule has 10 heteroatoms. The van der Waals surface area contributed by atoms with E-state index in [1.807, 2.05) is 57.2 Å². The van der Waals surface area contributed by atoms with Gasteiger partial charge in [0.2, 0.25) is 11.8 Å². The minimum Gasteiger partial charge on any atom is -0.444 e. The highest BCUT2D eigenvalue weighted by Gasteiger charge is 2.32. The van der Waals surface area contributed by atoms with Crippen LogP contribution in [0.25, 0.3) is 11.0 Å². The van der Waals surface area contributed by atoms with Crippen LogP contribution in [0.2, 0.25) is 0 Å². The van der Waals surface area contributed by atoms with Crippen LogP contribution in [0.3, 0.4) is 0 Å². The molecule has 3 amide bonds. The third kappa shape index (κ3) is 5.82. The molecule has 0 spiro atoms. The van der Waals surface area contributed by atoms with Gasteiger partial charge in [-0.25, -0.2) is 9.59 Å². The Morgan fingerprint density at radius 1 is 1.02 bits per heavy atom. The summed E-state index contributed by atoms with van der Waals surface area (Å²) in [5, 5.41) is 5.14. The third-order valence-electron chi connectivity index (χ3n) is 7.69. The fourth-order valence-corrected chi connectivity index (χ4v) is 5.80. The van der Waals surface area contributed by atoms with E-state index in [2.05, 4.69) is 21.6 Å². The van der Waals surface area contributed by atoms with E-state index >= 15 is 0 Å². The van der Waals surface area contributed by atoms with Gasteiger partial charge in [0.05, 0.1) is 11.0 Å². The van der Waals surface area contributed by atoms with Crippen molar-refractivity contribution in [3.05, 3.63) is 64.1 Å². The number of piperidine rings is 2. The predicted molar refractivity (Wildman–Crippen MR) is 152 cm³/mol. The fraction of sp³-hybridized carbons (Fsp3) is 0.467. The maximum Gasteiger partial charge on any atom is 0.412 e. The number of imide groups is 1. The lowest BCUT2D eigenvalue weighted by Crippen LogP contribution is -2.44. The summed E-state index contributed by atoms with van der Waals surface area (Å²) >= 11 is 0. The maximum absolute atomic E-state index is 13.3. The van der Waals surface area contributed by atoms with Gasteiger partial charge in [0.25, 0.3) is 0 Å². The van der Waals surface area contributed by atoms with E-state index in [-0.39, 0.29) is 18.0 Å². The van der Waals surface area contributed by atoms with Crippen molar-refractivity contribution < 1.29 is 19.1 Å². The summed E-state index contributed by atoms with van der Waals surface area (Å²) in [5.74, 6) is -0.419. The zero-order valence-electron chi connectivity index (χ0n) is 23.5. The Bertz CT molecular complexity index is 1490. The number of aromatic nitrogens is 2. The van der Waals surface area contributed by atoms with Gasteiger partial charge in [0.15, 0.2) is 0 Å². The Morgan fingerprint density at radius 2 is 1.73 bits per heavy atom. The molecule has 2 saturated heterocycles. The van der Waals surface area contributed by atoms with Crippen LogP contribution in [0.5, 0.6) is 0 Å². The van der Waals surface area contributed by atoms with E-state index < -0.39 is 23.6 Å². The van der Waals surface area contributed by atoms with Crippen LogP contribution in [-0.2, 0) is 27.9 Å². The highest BCUT2D eigenvalue weighted by Crippen LogP contribution is 2.34. The van der Waals surface area contributed by atoms with Gasteiger partial charge in [-0.3, -0.25) is 34.3 Å². The lowest BCUT2D eigenvalue weighted by molar-refractivity contribution is -0.135. The zero-order valence-corrected chi connectivity index (χ0v) is 23.5. The molecule has 2 aliphatic rings. The molecule has 0 bridgehead atoms. The number of para-hydroxylation sites is 1. The molecule has 1 aromatic heterocycles. The molecule has 10 nitrogen and oxygen atoms in total. The Balaban J connectivity index is 1.25. The number of fused-ring (bicyclic) bond motifs is 1. The summed E-state index contributed by atoms with van der Waals surface area (Å²) in [5.41, 5.74) is 3.80. The molecule has 0 saturated carbocycles. The molecule has 2 N–H and O–H groups in total. The summed E-state index contributed by atoms with van der Waals surface area (Å²) in [6.45, 7) is 8.14. The minimum absolute atomic E-state index is 0.223. The number of imidazole rings is 1. The molecule has 0 aliphatic carbocycles. The number of rotatable bonds is 5. The molecule has 2 aliphatic heterocycles. The highest BCUT2D eigenvalue weighted by atomic mass is 16.6. The van der Waals surface area contributed by atoms with Gasteiger partial charge < -0.3 is 4.74 Å². The van der Waals surface area contributed by atoms with Crippen LogP contribution in [0.15, 0.2) is 47.3 Å². The number of anilines is 1. The second kappa shape index (κ2) is 10.9. The number of carbonyl (C=O) groups excluding carboxylic acids is 3. The summed E-state index contributed by atoms with van der Waals surface area (Å²) in [6.07, 6.45) is 1.98. The number of hydrogen-bond acceptors (Lipinski definition) is 6. The van der Waals surface area contributed by atoms with Crippen LogP contribution < -0.4 is 16.3 Å². The number of nitrogens with zero attached hydrogens (tertiary/aromatic N) is 3. The standard InChI is InChI=1S/C30H37N5O5/c1-30(2,3)40-28(38)31-21-10-8-19(9-11-21)18-34-16-14-20(15-17-34)22-6-5-7-23-26(22)33(4)29(39)35(23)24-12-13-25(36)32-27(24)37/h5-11,20,24H,12-18H2,1-4H3,(H,31,38)(H,32,36,37). The lowest BCUT2D eigenvalue weighted by Gasteiger charge is -2.32. The van der Waals surface area contributed by atoms with Crippen LogP contribution in [-0.4, -0.2) is 50.6 Å². The quantitative estimate of drug-likeness (QED) is 0.466. The summed E-state index contributed by atoms with van der Waals surface area (Å²) in [4.78, 5) is 51.9. The molecular weight excluding hydrogens is 510 g/mol. The van der Waals surface area contributed by atoms with Crippen molar-refractivity contribution in [1.82, 2.24) is 19.4 Å². The Morgan fingerprint density at radius 3 is 2.38 bits per heavy atom. The SMILES string of the molecule is Cn1c(=O)n(C2CCC(=O)NC2=O)c2cccc(C3CCN(Cc4ccc(NC(=O)OC(C)(C)C)cc4)CC3)c21. The van der Waals surface area contributed by atoms with Crippen LogP contribution >= 0.6 is 0 Å². The first-order chi connectivity index (χ1) is 19.0. The second-order valence-electron chi connectivity index (χ2n) is 11.8. The molecule has 3 heterocycles. The number of likely N-dealkylation sites (tertiary alicyclic amines) is 1. The number of benzene rings is 2. The molecular formula is C30H37N5O5. The van der Waals surface area contributed by atoms with E-state index in [0.29, 0.717) is 18.0 Å². The van der Waals surface area contributed by atoms with Crippen molar-refractivity contribution in [2.45, 2.75) is 70.6 Å². The van der Waals surface area contributed by atoms with Gasteiger partial charge in [0, 0.05) is 25.7 Å². The van der Waals surface area contributed by atoms with Crippen LogP contribution in [0.1, 0.15) is 69.5 Å². The number of carbonyl (C=O) groups is 3. The van der Waals surface area contributed by atoms with Crippen molar-refractivity contribution in [1.29, 1.82) is 0 Å². The number of ether oxygens (including phenoxy) is 1. The monoisotopic (exact) mass is 547 g/mol.